The summed E-state index contributed by atoms with van der Waals surface area (Å²) in [5, 5.41) is 3.28. The molecule has 0 spiro atoms. The van der Waals surface area contributed by atoms with E-state index in [4.69, 9.17) is 11.6 Å². The Morgan fingerprint density at radius 3 is 2.34 bits per heavy atom. The number of carbonyl (C=O) groups is 2. The number of thiazole rings is 1. The Bertz CT molecular complexity index is 1190. The zero-order chi connectivity index (χ0) is 21.2. The summed E-state index contributed by atoms with van der Waals surface area (Å²) in [5.74, 6) is -0.695. The van der Waals surface area contributed by atoms with Crippen molar-refractivity contribution in [3.63, 3.8) is 0 Å². The molecule has 1 aromatic heterocycles. The molecule has 1 heterocycles. The van der Waals surface area contributed by atoms with Crippen LogP contribution in [0, 0.1) is 6.92 Å². The molecule has 2 N–H and O–H groups in total. The Labute approximate surface area is 176 Å². The van der Waals surface area contributed by atoms with Crippen molar-refractivity contribution in [2.75, 3.05) is 10.0 Å². The van der Waals surface area contributed by atoms with Gasteiger partial charge in [-0.1, -0.05) is 35.1 Å². The van der Waals surface area contributed by atoms with E-state index in [1.165, 1.54) is 43.3 Å². The zero-order valence-corrected chi connectivity index (χ0v) is 17.8. The predicted octanol–water partition coefficient (Wildman–Crippen LogP) is 4.36. The van der Waals surface area contributed by atoms with E-state index >= 15 is 0 Å². The molecule has 0 saturated heterocycles. The molecule has 10 heteroatoms. The number of sulfonamides is 1. The molecular formula is C19H16ClN3O4S2. The third-order valence-corrected chi connectivity index (χ3v) is 6.68. The summed E-state index contributed by atoms with van der Waals surface area (Å²) >= 11 is 6.87. The number of ketones is 1. The van der Waals surface area contributed by atoms with Crippen molar-refractivity contribution < 1.29 is 18.0 Å². The van der Waals surface area contributed by atoms with Gasteiger partial charge >= 0.3 is 0 Å². The van der Waals surface area contributed by atoms with E-state index in [1.54, 1.807) is 19.1 Å². The number of nitrogens with one attached hydrogen (secondary N) is 2. The number of benzene rings is 2. The van der Waals surface area contributed by atoms with Gasteiger partial charge in [0.05, 0.1) is 26.7 Å². The van der Waals surface area contributed by atoms with Crippen LogP contribution < -0.4 is 10.0 Å². The molecule has 0 atom stereocenters. The maximum absolute atomic E-state index is 12.7. The first-order chi connectivity index (χ1) is 13.7. The number of hydrogen-bond donors (Lipinski definition) is 2. The maximum atomic E-state index is 12.7. The minimum Gasteiger partial charge on any atom is -0.298 e. The number of aryl methyl sites for hydroxylation is 1. The number of para-hydroxylation sites is 1. The third-order valence-electron chi connectivity index (χ3n) is 3.88. The van der Waals surface area contributed by atoms with Gasteiger partial charge in [0, 0.05) is 11.9 Å². The molecule has 0 aliphatic heterocycles. The molecule has 0 aliphatic carbocycles. The van der Waals surface area contributed by atoms with E-state index in [-0.39, 0.29) is 27.1 Å². The first-order valence-corrected chi connectivity index (χ1v) is 11.0. The molecule has 3 rings (SSSR count). The Kier molecular flexibility index (Phi) is 6.02. The summed E-state index contributed by atoms with van der Waals surface area (Å²) in [5.41, 5.74) is 0.747. The SMILES string of the molecule is CC(=O)c1sc(NC(=O)c2ccccc2NS(=O)(=O)c2ccc(Cl)cc2)nc1C. The van der Waals surface area contributed by atoms with Crippen LogP contribution in [0.2, 0.25) is 5.02 Å². The average molecular weight is 450 g/mol. The zero-order valence-electron chi connectivity index (χ0n) is 15.4. The van der Waals surface area contributed by atoms with Gasteiger partial charge < -0.3 is 0 Å². The van der Waals surface area contributed by atoms with E-state index in [1.807, 2.05) is 0 Å². The number of aromatic nitrogens is 1. The van der Waals surface area contributed by atoms with Crippen LogP contribution in [0.25, 0.3) is 0 Å². The number of Topliss-reactive ketones (excluding diaryl/α,β-unsaturated/α-hetero) is 1. The summed E-state index contributed by atoms with van der Waals surface area (Å²) in [4.78, 5) is 28.9. The lowest BCUT2D eigenvalue weighted by Gasteiger charge is -2.12. The van der Waals surface area contributed by atoms with Crippen LogP contribution in [0.5, 0.6) is 0 Å². The molecule has 1 amide bonds. The van der Waals surface area contributed by atoms with Crippen molar-refractivity contribution in [2.24, 2.45) is 0 Å². The summed E-state index contributed by atoms with van der Waals surface area (Å²) in [6.45, 7) is 3.10. The summed E-state index contributed by atoms with van der Waals surface area (Å²) < 4.78 is 27.7. The Hall–Kier alpha value is -2.75. The first-order valence-electron chi connectivity index (χ1n) is 8.34. The third kappa shape index (κ3) is 4.81. The number of amides is 1. The molecule has 2 aromatic carbocycles. The van der Waals surface area contributed by atoms with Gasteiger partial charge in [-0.05, 0) is 43.3 Å². The van der Waals surface area contributed by atoms with Gasteiger partial charge in [-0.25, -0.2) is 13.4 Å². The molecule has 150 valence electrons. The van der Waals surface area contributed by atoms with Gasteiger partial charge in [0.25, 0.3) is 15.9 Å². The maximum Gasteiger partial charge on any atom is 0.261 e. The fraction of sp³-hybridized carbons (Fsp3) is 0.105. The average Bonchev–Trinajstić information content (AvgIpc) is 3.02. The van der Waals surface area contributed by atoms with Crippen molar-refractivity contribution in [3.8, 4) is 0 Å². The fourth-order valence-electron chi connectivity index (χ4n) is 2.53. The van der Waals surface area contributed by atoms with Crippen molar-refractivity contribution in [3.05, 3.63) is 69.7 Å². The molecule has 0 unspecified atom stereocenters. The summed E-state index contributed by atoms with van der Waals surface area (Å²) in [7, 11) is -3.92. The van der Waals surface area contributed by atoms with Crippen molar-refractivity contribution in [1.29, 1.82) is 0 Å². The molecule has 0 radical (unpaired) electrons. The molecule has 29 heavy (non-hydrogen) atoms. The highest BCUT2D eigenvalue weighted by molar-refractivity contribution is 7.92. The van der Waals surface area contributed by atoms with Crippen LogP contribution >= 0.6 is 22.9 Å². The number of halogens is 1. The van der Waals surface area contributed by atoms with Crippen LogP contribution in [0.1, 0.15) is 32.6 Å². The number of anilines is 2. The molecule has 3 aromatic rings. The highest BCUT2D eigenvalue weighted by atomic mass is 35.5. The van der Waals surface area contributed by atoms with Gasteiger partial charge in [-0.15, -0.1) is 0 Å². The molecule has 0 bridgehead atoms. The highest BCUT2D eigenvalue weighted by Gasteiger charge is 2.20. The van der Waals surface area contributed by atoms with Crippen LogP contribution in [0.4, 0.5) is 10.8 Å². The second-order valence-electron chi connectivity index (χ2n) is 6.05. The van der Waals surface area contributed by atoms with E-state index in [9.17, 15) is 18.0 Å². The van der Waals surface area contributed by atoms with E-state index in [2.05, 4.69) is 15.0 Å². The second-order valence-corrected chi connectivity index (χ2v) is 9.17. The van der Waals surface area contributed by atoms with Crippen LogP contribution in [-0.4, -0.2) is 25.1 Å². The van der Waals surface area contributed by atoms with Gasteiger partial charge in [0.15, 0.2) is 10.9 Å². The van der Waals surface area contributed by atoms with Gasteiger partial charge in [-0.3, -0.25) is 19.6 Å². The van der Waals surface area contributed by atoms with Crippen LogP contribution in [-0.2, 0) is 10.0 Å². The lowest BCUT2D eigenvalue weighted by atomic mass is 10.2. The molecular weight excluding hydrogens is 434 g/mol. The number of hydrogen-bond acceptors (Lipinski definition) is 6. The molecule has 7 nitrogen and oxygen atoms in total. The lowest BCUT2D eigenvalue weighted by Crippen LogP contribution is -2.18. The molecule has 0 fully saturated rings. The van der Waals surface area contributed by atoms with E-state index < -0.39 is 15.9 Å². The smallest absolute Gasteiger partial charge is 0.261 e. The van der Waals surface area contributed by atoms with Gasteiger partial charge in [-0.2, -0.15) is 0 Å². The van der Waals surface area contributed by atoms with Gasteiger partial charge in [0.1, 0.15) is 0 Å². The highest BCUT2D eigenvalue weighted by Crippen LogP contribution is 2.26. The largest absolute Gasteiger partial charge is 0.298 e. The quantitative estimate of drug-likeness (QED) is 0.544. The van der Waals surface area contributed by atoms with E-state index in [0.717, 1.165) is 11.3 Å². The number of rotatable bonds is 6. The lowest BCUT2D eigenvalue weighted by molar-refractivity contribution is 0.101. The number of carbonyl (C=O) groups excluding carboxylic acids is 2. The topological polar surface area (TPSA) is 105 Å². The predicted molar refractivity (Wildman–Crippen MR) is 114 cm³/mol. The minimum absolute atomic E-state index is 0.0127. The minimum atomic E-state index is -3.92. The van der Waals surface area contributed by atoms with Gasteiger partial charge in [0.2, 0.25) is 0 Å². The van der Waals surface area contributed by atoms with Crippen LogP contribution in [0.15, 0.2) is 53.4 Å². The Morgan fingerprint density at radius 2 is 1.72 bits per heavy atom. The normalized spacial score (nSPS) is 11.1. The molecule has 0 saturated carbocycles. The first kappa shape index (κ1) is 21.0. The molecule has 0 aliphatic rings. The summed E-state index contributed by atoms with van der Waals surface area (Å²) in [6, 6.07) is 11.9. The number of nitrogens with zero attached hydrogens (tertiary/aromatic N) is 1. The Balaban J connectivity index is 1.86. The Morgan fingerprint density at radius 1 is 1.07 bits per heavy atom. The summed E-state index contributed by atoms with van der Waals surface area (Å²) in [6.07, 6.45) is 0. The van der Waals surface area contributed by atoms with E-state index in [0.29, 0.717) is 15.6 Å². The van der Waals surface area contributed by atoms with Crippen molar-refractivity contribution in [1.82, 2.24) is 4.98 Å². The van der Waals surface area contributed by atoms with Crippen molar-refractivity contribution in [2.45, 2.75) is 18.7 Å². The second kappa shape index (κ2) is 8.32. The standard InChI is InChI=1S/C19H16ClN3O4S2/c1-11-17(12(2)24)28-19(21-11)22-18(25)15-5-3-4-6-16(15)23-29(26,27)14-9-7-13(20)8-10-14/h3-10,23H,1-2H3,(H,21,22,25). The monoisotopic (exact) mass is 449 g/mol. The van der Waals surface area contributed by atoms with Crippen LogP contribution in [0.3, 0.4) is 0 Å². The van der Waals surface area contributed by atoms with Crippen molar-refractivity contribution >= 4 is 55.5 Å². The fourth-order valence-corrected chi connectivity index (χ4v) is 4.59.